The maximum atomic E-state index is 10.9. The number of rotatable bonds is 2. The van der Waals surface area contributed by atoms with Crippen molar-refractivity contribution in [2.24, 2.45) is 0 Å². The van der Waals surface area contributed by atoms with Gasteiger partial charge in [0.25, 0.3) is 0 Å². The molecule has 0 amide bonds. The molecule has 1 nitrogen and oxygen atoms in total. The Morgan fingerprint density at radius 1 is 1.13 bits per heavy atom. The molecule has 0 aliphatic rings. The van der Waals surface area contributed by atoms with Gasteiger partial charge in [-0.25, -0.2) is 0 Å². The third-order valence-corrected chi connectivity index (χ3v) is 3.38. The average Bonchev–Trinajstić information content (AvgIpc) is 2.65. The molecular formula is C13H12OS. The Balaban J connectivity index is 2.59. The van der Waals surface area contributed by atoms with E-state index in [0.29, 0.717) is 0 Å². The first kappa shape index (κ1) is 10.1. The molecule has 1 heterocycles. The molecule has 76 valence electrons. The minimum absolute atomic E-state index is 0.766. The average molecular weight is 216 g/mol. The molecule has 2 aromatic rings. The standard InChI is InChI=1S/C13H12OS/c1-9-3-5-11(8-14)12(7-9)13-6-4-10(2)15-13/h3-8H,1-2H3. The monoisotopic (exact) mass is 216 g/mol. The molecule has 0 saturated heterocycles. The summed E-state index contributed by atoms with van der Waals surface area (Å²) in [4.78, 5) is 13.4. The van der Waals surface area contributed by atoms with Crippen LogP contribution < -0.4 is 0 Å². The van der Waals surface area contributed by atoms with Crippen LogP contribution in [0.5, 0.6) is 0 Å². The van der Waals surface area contributed by atoms with E-state index in [1.54, 1.807) is 11.3 Å². The van der Waals surface area contributed by atoms with Crippen molar-refractivity contribution >= 4 is 17.6 Å². The summed E-state index contributed by atoms with van der Waals surface area (Å²) in [5.41, 5.74) is 2.99. The van der Waals surface area contributed by atoms with Crippen LogP contribution >= 0.6 is 11.3 Å². The predicted molar refractivity (Wildman–Crippen MR) is 64.6 cm³/mol. The fourth-order valence-corrected chi connectivity index (χ4v) is 2.47. The Kier molecular flexibility index (Phi) is 2.69. The second-order valence-electron chi connectivity index (χ2n) is 3.62. The van der Waals surface area contributed by atoms with Gasteiger partial charge in [0.1, 0.15) is 0 Å². The predicted octanol–water partition coefficient (Wildman–Crippen LogP) is 3.84. The van der Waals surface area contributed by atoms with Crippen LogP contribution in [0.2, 0.25) is 0 Å². The first-order chi connectivity index (χ1) is 7.20. The number of hydrogen-bond acceptors (Lipinski definition) is 2. The van der Waals surface area contributed by atoms with Crippen molar-refractivity contribution in [3.63, 3.8) is 0 Å². The molecule has 0 spiro atoms. The van der Waals surface area contributed by atoms with Crippen molar-refractivity contribution in [1.29, 1.82) is 0 Å². The fraction of sp³-hybridized carbons (Fsp3) is 0.154. The van der Waals surface area contributed by atoms with Crippen molar-refractivity contribution in [1.82, 2.24) is 0 Å². The Morgan fingerprint density at radius 2 is 1.93 bits per heavy atom. The number of thiophene rings is 1. The van der Waals surface area contributed by atoms with Crippen molar-refractivity contribution in [2.45, 2.75) is 13.8 Å². The zero-order valence-corrected chi connectivity index (χ0v) is 9.60. The molecule has 0 bridgehead atoms. The Labute approximate surface area is 93.4 Å². The summed E-state index contributed by atoms with van der Waals surface area (Å²) in [6.07, 6.45) is 0.920. The summed E-state index contributed by atoms with van der Waals surface area (Å²) in [6.45, 7) is 4.11. The number of carbonyl (C=O) groups is 1. The van der Waals surface area contributed by atoms with E-state index in [0.717, 1.165) is 17.4 Å². The zero-order chi connectivity index (χ0) is 10.8. The van der Waals surface area contributed by atoms with E-state index in [-0.39, 0.29) is 0 Å². The van der Waals surface area contributed by atoms with E-state index in [1.807, 2.05) is 19.1 Å². The zero-order valence-electron chi connectivity index (χ0n) is 8.78. The van der Waals surface area contributed by atoms with Crippen molar-refractivity contribution in [2.75, 3.05) is 0 Å². The van der Waals surface area contributed by atoms with Crippen LogP contribution in [0.15, 0.2) is 30.3 Å². The van der Waals surface area contributed by atoms with Crippen LogP contribution in [-0.2, 0) is 0 Å². The lowest BCUT2D eigenvalue weighted by Crippen LogP contribution is -1.86. The maximum absolute atomic E-state index is 10.9. The molecule has 2 heteroatoms. The third-order valence-electron chi connectivity index (χ3n) is 2.34. The highest BCUT2D eigenvalue weighted by molar-refractivity contribution is 7.15. The molecule has 2 rings (SSSR count). The van der Waals surface area contributed by atoms with Gasteiger partial charge < -0.3 is 0 Å². The van der Waals surface area contributed by atoms with Crippen LogP contribution in [0, 0.1) is 13.8 Å². The number of hydrogen-bond donors (Lipinski definition) is 0. The van der Waals surface area contributed by atoms with Gasteiger partial charge in [-0.05, 0) is 32.0 Å². The van der Waals surface area contributed by atoms with Gasteiger partial charge in [0, 0.05) is 20.9 Å². The highest BCUT2D eigenvalue weighted by atomic mass is 32.1. The number of aryl methyl sites for hydroxylation is 2. The molecule has 0 fully saturated rings. The Morgan fingerprint density at radius 3 is 2.53 bits per heavy atom. The molecule has 15 heavy (non-hydrogen) atoms. The SMILES string of the molecule is Cc1ccc(C=O)c(-c2ccc(C)s2)c1. The van der Waals surface area contributed by atoms with E-state index >= 15 is 0 Å². The quantitative estimate of drug-likeness (QED) is 0.697. The maximum Gasteiger partial charge on any atom is 0.150 e. The summed E-state index contributed by atoms with van der Waals surface area (Å²) in [7, 11) is 0. The van der Waals surface area contributed by atoms with Gasteiger partial charge in [-0.15, -0.1) is 11.3 Å². The highest BCUT2D eigenvalue weighted by Gasteiger charge is 2.06. The van der Waals surface area contributed by atoms with Crippen LogP contribution in [0.4, 0.5) is 0 Å². The number of carbonyl (C=O) groups excluding carboxylic acids is 1. The molecule has 0 N–H and O–H groups in total. The summed E-state index contributed by atoms with van der Waals surface area (Å²) < 4.78 is 0. The van der Waals surface area contributed by atoms with Crippen molar-refractivity contribution in [3.8, 4) is 10.4 Å². The summed E-state index contributed by atoms with van der Waals surface area (Å²) in [6, 6.07) is 10.1. The first-order valence-electron chi connectivity index (χ1n) is 4.83. The molecule has 0 aliphatic carbocycles. The largest absolute Gasteiger partial charge is 0.298 e. The van der Waals surface area contributed by atoms with Crippen LogP contribution in [-0.4, -0.2) is 6.29 Å². The third kappa shape index (κ3) is 2.00. The van der Waals surface area contributed by atoms with Gasteiger partial charge in [-0.2, -0.15) is 0 Å². The summed E-state index contributed by atoms with van der Waals surface area (Å²) in [5, 5.41) is 0. The van der Waals surface area contributed by atoms with Gasteiger partial charge in [0.05, 0.1) is 0 Å². The van der Waals surface area contributed by atoms with E-state index in [9.17, 15) is 4.79 Å². The molecule has 0 radical (unpaired) electrons. The molecule has 0 saturated carbocycles. The lowest BCUT2D eigenvalue weighted by atomic mass is 10.0. The highest BCUT2D eigenvalue weighted by Crippen LogP contribution is 2.30. The van der Waals surface area contributed by atoms with E-state index < -0.39 is 0 Å². The van der Waals surface area contributed by atoms with Gasteiger partial charge >= 0.3 is 0 Å². The molecule has 1 aromatic heterocycles. The lowest BCUT2D eigenvalue weighted by Gasteiger charge is -2.03. The molecular weight excluding hydrogens is 204 g/mol. The van der Waals surface area contributed by atoms with E-state index in [1.165, 1.54) is 15.3 Å². The Hall–Kier alpha value is -1.41. The van der Waals surface area contributed by atoms with Crippen LogP contribution in [0.3, 0.4) is 0 Å². The fourth-order valence-electron chi connectivity index (χ4n) is 1.57. The topological polar surface area (TPSA) is 17.1 Å². The van der Waals surface area contributed by atoms with Crippen molar-refractivity contribution in [3.05, 3.63) is 46.3 Å². The molecule has 0 atom stereocenters. The number of aldehydes is 1. The minimum atomic E-state index is 0.766. The minimum Gasteiger partial charge on any atom is -0.298 e. The second kappa shape index (κ2) is 3.99. The summed E-state index contributed by atoms with van der Waals surface area (Å²) >= 11 is 1.72. The second-order valence-corrected chi connectivity index (χ2v) is 4.91. The van der Waals surface area contributed by atoms with E-state index in [4.69, 9.17) is 0 Å². The van der Waals surface area contributed by atoms with Gasteiger partial charge in [0.2, 0.25) is 0 Å². The number of benzene rings is 1. The molecule has 0 unspecified atom stereocenters. The van der Waals surface area contributed by atoms with Gasteiger partial charge in [-0.1, -0.05) is 17.7 Å². The molecule has 1 aromatic carbocycles. The van der Waals surface area contributed by atoms with Crippen LogP contribution in [0.25, 0.3) is 10.4 Å². The van der Waals surface area contributed by atoms with Gasteiger partial charge in [0.15, 0.2) is 6.29 Å². The van der Waals surface area contributed by atoms with Crippen molar-refractivity contribution < 1.29 is 4.79 Å². The van der Waals surface area contributed by atoms with Gasteiger partial charge in [-0.3, -0.25) is 4.79 Å². The lowest BCUT2D eigenvalue weighted by molar-refractivity contribution is 0.112. The molecule has 0 aliphatic heterocycles. The van der Waals surface area contributed by atoms with E-state index in [2.05, 4.69) is 25.1 Å². The normalized spacial score (nSPS) is 10.3. The first-order valence-corrected chi connectivity index (χ1v) is 5.65. The smallest absolute Gasteiger partial charge is 0.150 e. The summed E-state index contributed by atoms with van der Waals surface area (Å²) in [5.74, 6) is 0. The van der Waals surface area contributed by atoms with Crippen LogP contribution in [0.1, 0.15) is 20.8 Å². The Bertz CT molecular complexity index is 497.